The lowest BCUT2D eigenvalue weighted by molar-refractivity contribution is -0.137. The smallest absolute Gasteiger partial charge is 0.227 e. The molecule has 2 aliphatic heterocycles. The highest BCUT2D eigenvalue weighted by Crippen LogP contribution is 2.29. The number of amides is 1. The molecule has 8 heteroatoms. The summed E-state index contributed by atoms with van der Waals surface area (Å²) in [4.78, 5) is 21.8. The molecular weight excluding hydrogens is 336 g/mol. The second-order valence-electron chi connectivity index (χ2n) is 6.90. The lowest BCUT2D eigenvalue weighted by Crippen LogP contribution is -2.50. The molecule has 0 saturated carbocycles. The van der Waals surface area contributed by atoms with Crippen LogP contribution in [0.1, 0.15) is 17.2 Å². The quantitative estimate of drug-likeness (QED) is 0.861. The van der Waals surface area contributed by atoms with Crippen LogP contribution >= 0.6 is 11.3 Å². The van der Waals surface area contributed by atoms with Crippen LogP contribution < -0.4 is 5.32 Å². The van der Waals surface area contributed by atoms with Gasteiger partial charge in [-0.2, -0.15) is 5.10 Å². The van der Waals surface area contributed by atoms with Crippen LogP contribution in [0.2, 0.25) is 0 Å². The van der Waals surface area contributed by atoms with Gasteiger partial charge in [0.05, 0.1) is 23.3 Å². The van der Waals surface area contributed by atoms with Gasteiger partial charge in [-0.05, 0) is 5.56 Å². The predicted octanol–water partition coefficient (Wildman–Crippen LogP) is 0.524. The second-order valence-corrected chi connectivity index (χ2v) is 7.62. The highest BCUT2D eigenvalue weighted by Gasteiger charge is 2.37. The van der Waals surface area contributed by atoms with E-state index in [9.17, 15) is 4.79 Å². The number of nitrogens with zero attached hydrogens (tertiary/aromatic N) is 5. The topological polar surface area (TPSA) is 66.3 Å². The highest BCUT2D eigenvalue weighted by atomic mass is 32.1. The van der Waals surface area contributed by atoms with E-state index in [2.05, 4.69) is 25.7 Å². The Morgan fingerprint density at radius 2 is 2.16 bits per heavy atom. The first-order chi connectivity index (χ1) is 12.2. The highest BCUT2D eigenvalue weighted by molar-refractivity contribution is 7.07. The van der Waals surface area contributed by atoms with Gasteiger partial charge < -0.3 is 10.2 Å². The standard InChI is InChI=1S/C17H24N6OS/c1-21-9-13(6-20-21)15-7-18-8-16(15)17(24)23-4-2-22(3-5-23)10-14-11-25-12-19-14/h6,9,11-12,15-16,18H,2-5,7-8,10H2,1H3/t15-,16+/m1/s1. The van der Waals surface area contributed by atoms with Gasteiger partial charge in [-0.3, -0.25) is 14.4 Å². The van der Waals surface area contributed by atoms with Crippen molar-refractivity contribution in [3.63, 3.8) is 0 Å². The van der Waals surface area contributed by atoms with Crippen LogP contribution in [0.5, 0.6) is 0 Å². The van der Waals surface area contributed by atoms with Crippen LogP contribution in [-0.4, -0.2) is 69.7 Å². The fourth-order valence-corrected chi connectivity index (χ4v) is 4.38. The van der Waals surface area contributed by atoms with E-state index in [1.807, 2.05) is 34.5 Å². The van der Waals surface area contributed by atoms with Gasteiger partial charge in [-0.25, -0.2) is 4.98 Å². The number of aromatic nitrogens is 3. The maximum Gasteiger partial charge on any atom is 0.227 e. The van der Waals surface area contributed by atoms with E-state index >= 15 is 0 Å². The first-order valence-corrected chi connectivity index (χ1v) is 9.72. The first-order valence-electron chi connectivity index (χ1n) is 8.78. The SMILES string of the molecule is Cn1cc([C@H]2CNC[C@@H]2C(=O)N2CCN(Cc3cscn3)CC2)cn1. The summed E-state index contributed by atoms with van der Waals surface area (Å²) in [6.45, 7) is 5.94. The third-order valence-electron chi connectivity index (χ3n) is 5.24. The zero-order chi connectivity index (χ0) is 17.2. The summed E-state index contributed by atoms with van der Waals surface area (Å²) in [7, 11) is 1.92. The molecule has 0 aromatic carbocycles. The largest absolute Gasteiger partial charge is 0.340 e. The average Bonchev–Trinajstić information content (AvgIpc) is 3.36. The molecule has 2 saturated heterocycles. The summed E-state index contributed by atoms with van der Waals surface area (Å²) in [5, 5.41) is 9.75. The normalized spacial score (nSPS) is 24.8. The third-order valence-corrected chi connectivity index (χ3v) is 5.87. The second kappa shape index (κ2) is 7.23. The van der Waals surface area contributed by atoms with E-state index < -0.39 is 0 Å². The van der Waals surface area contributed by atoms with Gasteiger partial charge in [0.15, 0.2) is 0 Å². The van der Waals surface area contributed by atoms with Gasteiger partial charge in [0.1, 0.15) is 0 Å². The van der Waals surface area contributed by atoms with Crippen LogP contribution in [0.4, 0.5) is 0 Å². The average molecular weight is 360 g/mol. The minimum Gasteiger partial charge on any atom is -0.340 e. The molecule has 4 rings (SSSR count). The van der Waals surface area contributed by atoms with Crippen LogP contribution in [0.3, 0.4) is 0 Å². The van der Waals surface area contributed by atoms with Gasteiger partial charge in [-0.1, -0.05) is 0 Å². The monoisotopic (exact) mass is 360 g/mol. The molecular formula is C17H24N6OS. The Hall–Kier alpha value is -1.77. The molecule has 0 radical (unpaired) electrons. The third kappa shape index (κ3) is 3.61. The van der Waals surface area contributed by atoms with Gasteiger partial charge in [-0.15, -0.1) is 11.3 Å². The Morgan fingerprint density at radius 3 is 2.84 bits per heavy atom. The zero-order valence-electron chi connectivity index (χ0n) is 14.5. The number of hydrogen-bond acceptors (Lipinski definition) is 6. The fraction of sp³-hybridized carbons (Fsp3) is 0.588. The van der Waals surface area contributed by atoms with E-state index in [1.165, 1.54) is 0 Å². The van der Waals surface area contributed by atoms with Gasteiger partial charge >= 0.3 is 0 Å². The molecule has 134 valence electrons. The number of thiazole rings is 1. The van der Waals surface area contributed by atoms with Crippen molar-refractivity contribution in [1.82, 2.24) is 29.9 Å². The Morgan fingerprint density at radius 1 is 1.32 bits per heavy atom. The van der Waals surface area contributed by atoms with Crippen molar-refractivity contribution in [1.29, 1.82) is 0 Å². The molecule has 2 fully saturated rings. The lowest BCUT2D eigenvalue weighted by atomic mass is 9.89. The molecule has 0 unspecified atom stereocenters. The molecule has 4 heterocycles. The molecule has 1 N–H and O–H groups in total. The van der Waals surface area contributed by atoms with Crippen molar-refractivity contribution < 1.29 is 4.79 Å². The summed E-state index contributed by atoms with van der Waals surface area (Å²) >= 11 is 1.63. The molecule has 2 atom stereocenters. The fourth-order valence-electron chi connectivity index (χ4n) is 3.83. The van der Waals surface area contributed by atoms with Crippen LogP contribution in [0, 0.1) is 5.92 Å². The summed E-state index contributed by atoms with van der Waals surface area (Å²) in [6, 6.07) is 0. The molecule has 2 aliphatic rings. The Balaban J connectivity index is 1.35. The molecule has 1 amide bonds. The molecule has 2 aromatic rings. The van der Waals surface area contributed by atoms with E-state index in [0.29, 0.717) is 0 Å². The molecule has 2 aromatic heterocycles. The van der Waals surface area contributed by atoms with Gasteiger partial charge in [0.2, 0.25) is 5.91 Å². The van der Waals surface area contributed by atoms with Crippen LogP contribution in [0.25, 0.3) is 0 Å². The Labute approximate surface area is 151 Å². The van der Waals surface area contributed by atoms with Gasteiger partial charge in [0.25, 0.3) is 0 Å². The minimum atomic E-state index is 0.0225. The molecule has 7 nitrogen and oxygen atoms in total. The predicted molar refractivity (Wildman–Crippen MR) is 96.3 cm³/mol. The number of aryl methyl sites for hydroxylation is 1. The Bertz CT molecular complexity index is 707. The summed E-state index contributed by atoms with van der Waals surface area (Å²) < 4.78 is 1.81. The van der Waals surface area contributed by atoms with Crippen molar-refractivity contribution in [2.45, 2.75) is 12.5 Å². The van der Waals surface area contributed by atoms with Crippen LogP contribution in [0.15, 0.2) is 23.3 Å². The van der Waals surface area contributed by atoms with Crippen molar-refractivity contribution in [2.24, 2.45) is 13.0 Å². The van der Waals surface area contributed by atoms with Crippen LogP contribution in [-0.2, 0) is 18.4 Å². The van der Waals surface area contributed by atoms with Crippen molar-refractivity contribution in [3.8, 4) is 0 Å². The number of carbonyl (C=O) groups is 1. The number of piperazine rings is 1. The molecule has 25 heavy (non-hydrogen) atoms. The molecule has 0 bridgehead atoms. The van der Waals surface area contributed by atoms with Crippen molar-refractivity contribution in [2.75, 3.05) is 39.3 Å². The lowest BCUT2D eigenvalue weighted by Gasteiger charge is -2.36. The van der Waals surface area contributed by atoms with E-state index in [0.717, 1.165) is 57.1 Å². The molecule has 0 aliphatic carbocycles. The van der Waals surface area contributed by atoms with E-state index in [1.54, 1.807) is 11.3 Å². The van der Waals surface area contributed by atoms with E-state index in [-0.39, 0.29) is 17.7 Å². The van der Waals surface area contributed by atoms with Gasteiger partial charge in [0, 0.05) is 70.4 Å². The maximum atomic E-state index is 13.0. The number of hydrogen-bond donors (Lipinski definition) is 1. The van der Waals surface area contributed by atoms with Crippen molar-refractivity contribution >= 4 is 17.2 Å². The van der Waals surface area contributed by atoms with Crippen molar-refractivity contribution in [3.05, 3.63) is 34.5 Å². The Kier molecular flexibility index (Phi) is 4.82. The molecule has 0 spiro atoms. The summed E-state index contributed by atoms with van der Waals surface area (Å²) in [6.07, 6.45) is 3.92. The number of nitrogens with one attached hydrogen (secondary N) is 1. The number of carbonyl (C=O) groups excluding carboxylic acids is 1. The minimum absolute atomic E-state index is 0.0225. The maximum absolute atomic E-state index is 13.0. The summed E-state index contributed by atoms with van der Waals surface area (Å²) in [5.41, 5.74) is 4.16. The zero-order valence-corrected chi connectivity index (χ0v) is 15.3. The summed E-state index contributed by atoms with van der Waals surface area (Å²) in [5.74, 6) is 0.538. The first kappa shape index (κ1) is 16.7. The number of rotatable bonds is 4. The van der Waals surface area contributed by atoms with E-state index in [4.69, 9.17) is 0 Å².